The van der Waals surface area contributed by atoms with Crippen LogP contribution >= 0.6 is 11.3 Å². The highest BCUT2D eigenvalue weighted by Gasteiger charge is 2.33. The lowest BCUT2D eigenvalue weighted by atomic mass is 10.5. The van der Waals surface area contributed by atoms with Gasteiger partial charge in [-0.3, -0.25) is 9.69 Å². The number of carbonyl (C=O) groups excluding carboxylic acids is 2. The van der Waals surface area contributed by atoms with Crippen LogP contribution in [0.5, 0.6) is 0 Å². The van der Waals surface area contributed by atoms with E-state index < -0.39 is 0 Å². The molecule has 0 atom stereocenters. The molecule has 1 N–H and O–H groups in total. The van der Waals surface area contributed by atoms with Crippen molar-refractivity contribution >= 4 is 28.4 Å². The van der Waals surface area contributed by atoms with Gasteiger partial charge in [-0.15, -0.1) is 11.3 Å². The molecule has 0 unspecified atom stereocenters. The van der Waals surface area contributed by atoms with Gasteiger partial charge in [0, 0.05) is 24.7 Å². The summed E-state index contributed by atoms with van der Waals surface area (Å²) in [4.78, 5) is 30.9. The van der Waals surface area contributed by atoms with E-state index in [4.69, 9.17) is 0 Å². The average Bonchev–Trinajstić information content (AvgIpc) is 2.81. The number of likely N-dealkylation sites (N-methyl/N-ethyl adjacent to an activating group) is 1. The molecule has 3 amide bonds. The Hall–Kier alpha value is -1.63. The highest BCUT2D eigenvalue weighted by molar-refractivity contribution is 7.15. The minimum atomic E-state index is -0.242. The third-order valence-corrected chi connectivity index (χ3v) is 3.37. The highest BCUT2D eigenvalue weighted by atomic mass is 32.1. The number of hydrogen-bond acceptors (Lipinski definition) is 5. The predicted octanol–water partition coefficient (Wildman–Crippen LogP) is 0.969. The van der Waals surface area contributed by atoms with E-state index in [-0.39, 0.29) is 18.5 Å². The molecule has 0 spiro atoms. The van der Waals surface area contributed by atoms with E-state index >= 15 is 0 Å². The van der Waals surface area contributed by atoms with Crippen molar-refractivity contribution in [3.63, 3.8) is 0 Å². The highest BCUT2D eigenvalue weighted by Crippen LogP contribution is 2.21. The summed E-state index contributed by atoms with van der Waals surface area (Å²) >= 11 is 1.46. The summed E-state index contributed by atoms with van der Waals surface area (Å²) < 4.78 is 0. The van der Waals surface area contributed by atoms with Gasteiger partial charge < -0.3 is 10.2 Å². The monoisotopic (exact) mass is 254 g/mol. The van der Waals surface area contributed by atoms with Crippen molar-refractivity contribution in [1.82, 2.24) is 14.8 Å². The quantitative estimate of drug-likeness (QED) is 0.813. The molecule has 1 aromatic heterocycles. The van der Waals surface area contributed by atoms with Crippen LogP contribution in [0.1, 0.15) is 11.8 Å². The molecule has 1 aliphatic rings. The fourth-order valence-corrected chi connectivity index (χ4v) is 2.46. The maximum atomic E-state index is 11.7. The number of imide groups is 1. The third-order valence-electron chi connectivity index (χ3n) is 2.43. The van der Waals surface area contributed by atoms with E-state index in [1.807, 2.05) is 6.92 Å². The lowest BCUT2D eigenvalue weighted by Crippen LogP contribution is -2.30. The minimum Gasteiger partial charge on any atom is -0.362 e. The van der Waals surface area contributed by atoms with Crippen molar-refractivity contribution < 1.29 is 9.59 Å². The summed E-state index contributed by atoms with van der Waals surface area (Å²) in [5.41, 5.74) is 0. The van der Waals surface area contributed by atoms with Crippen LogP contribution < -0.4 is 5.32 Å². The van der Waals surface area contributed by atoms with Gasteiger partial charge in [0.15, 0.2) is 5.13 Å². The van der Waals surface area contributed by atoms with Gasteiger partial charge in [-0.25, -0.2) is 9.78 Å². The van der Waals surface area contributed by atoms with Crippen molar-refractivity contribution in [2.24, 2.45) is 0 Å². The zero-order chi connectivity index (χ0) is 12.4. The Bertz CT molecular complexity index is 445. The Labute approximate surface area is 103 Å². The number of anilines is 1. The largest absolute Gasteiger partial charge is 0.362 e. The molecule has 0 saturated carbocycles. The van der Waals surface area contributed by atoms with Gasteiger partial charge in [-0.1, -0.05) is 0 Å². The number of rotatable bonds is 4. The Morgan fingerprint density at radius 1 is 1.53 bits per heavy atom. The maximum absolute atomic E-state index is 11.7. The zero-order valence-corrected chi connectivity index (χ0v) is 10.6. The SMILES string of the molecule is CCNc1ncc(CN2C(=O)CN(C)C2=O)s1. The summed E-state index contributed by atoms with van der Waals surface area (Å²) in [7, 11) is 1.62. The molecule has 0 bridgehead atoms. The van der Waals surface area contributed by atoms with Crippen LogP contribution in [0, 0.1) is 0 Å². The summed E-state index contributed by atoms with van der Waals surface area (Å²) in [5, 5.41) is 3.91. The van der Waals surface area contributed by atoms with Gasteiger partial charge in [0.05, 0.1) is 6.54 Å². The summed E-state index contributed by atoms with van der Waals surface area (Å²) in [6, 6.07) is -0.242. The molecule has 1 aromatic rings. The molecule has 0 aliphatic carbocycles. The first-order valence-corrected chi connectivity index (χ1v) is 6.17. The topological polar surface area (TPSA) is 65.5 Å². The second-order valence-corrected chi connectivity index (χ2v) is 4.90. The zero-order valence-electron chi connectivity index (χ0n) is 9.77. The number of aromatic nitrogens is 1. The minimum absolute atomic E-state index is 0.157. The molecular weight excluding hydrogens is 240 g/mol. The van der Waals surface area contributed by atoms with Crippen LogP contribution in [-0.4, -0.2) is 46.9 Å². The number of nitrogens with zero attached hydrogens (tertiary/aromatic N) is 3. The summed E-state index contributed by atoms with van der Waals surface area (Å²) in [6.45, 7) is 3.27. The van der Waals surface area contributed by atoms with Gasteiger partial charge in [0.2, 0.25) is 0 Å². The molecule has 7 heteroatoms. The number of carbonyl (C=O) groups is 2. The maximum Gasteiger partial charge on any atom is 0.327 e. The first-order valence-electron chi connectivity index (χ1n) is 5.36. The van der Waals surface area contributed by atoms with Crippen molar-refractivity contribution in [1.29, 1.82) is 0 Å². The molecular formula is C10H14N4O2S. The standard InChI is InChI=1S/C10H14N4O2S/c1-3-11-9-12-4-7(17-9)5-14-8(15)6-13(2)10(14)16/h4H,3,5-6H2,1-2H3,(H,11,12). The van der Waals surface area contributed by atoms with Crippen LogP contribution in [0.4, 0.5) is 9.93 Å². The Morgan fingerprint density at radius 2 is 2.29 bits per heavy atom. The molecule has 1 aliphatic heterocycles. The summed E-state index contributed by atoms with van der Waals surface area (Å²) in [6.07, 6.45) is 1.70. The van der Waals surface area contributed by atoms with Gasteiger partial charge >= 0.3 is 6.03 Å². The van der Waals surface area contributed by atoms with E-state index in [1.54, 1.807) is 13.2 Å². The molecule has 92 valence electrons. The second-order valence-electron chi connectivity index (χ2n) is 3.78. The number of urea groups is 1. The van der Waals surface area contributed by atoms with Gasteiger partial charge in [-0.2, -0.15) is 0 Å². The van der Waals surface area contributed by atoms with Crippen molar-refractivity contribution in [3.8, 4) is 0 Å². The molecule has 0 radical (unpaired) electrons. The number of hydrogen-bond donors (Lipinski definition) is 1. The van der Waals surface area contributed by atoms with Crippen molar-refractivity contribution in [2.45, 2.75) is 13.5 Å². The van der Waals surface area contributed by atoms with E-state index in [0.717, 1.165) is 16.6 Å². The number of nitrogens with one attached hydrogen (secondary N) is 1. The molecule has 2 heterocycles. The third kappa shape index (κ3) is 2.38. The second kappa shape index (κ2) is 4.70. The van der Waals surface area contributed by atoms with Crippen LogP contribution in [0.15, 0.2) is 6.20 Å². The fraction of sp³-hybridized carbons (Fsp3) is 0.500. The number of amides is 3. The van der Waals surface area contributed by atoms with Crippen LogP contribution in [-0.2, 0) is 11.3 Å². The normalized spacial score (nSPS) is 15.9. The van der Waals surface area contributed by atoms with Crippen LogP contribution in [0.25, 0.3) is 0 Å². The first-order chi connectivity index (χ1) is 8.11. The smallest absolute Gasteiger partial charge is 0.327 e. The lowest BCUT2D eigenvalue weighted by Gasteiger charge is -2.12. The number of thiazole rings is 1. The fourth-order valence-electron chi connectivity index (χ4n) is 1.59. The van der Waals surface area contributed by atoms with Gasteiger partial charge in [0.1, 0.15) is 6.54 Å². The van der Waals surface area contributed by atoms with Gasteiger partial charge in [0.25, 0.3) is 5.91 Å². The lowest BCUT2D eigenvalue weighted by molar-refractivity contribution is -0.125. The molecule has 0 aromatic carbocycles. The van der Waals surface area contributed by atoms with Gasteiger partial charge in [-0.05, 0) is 6.92 Å². The van der Waals surface area contributed by atoms with Crippen LogP contribution in [0.3, 0.4) is 0 Å². The average molecular weight is 254 g/mol. The van der Waals surface area contributed by atoms with E-state index in [1.165, 1.54) is 21.1 Å². The Morgan fingerprint density at radius 3 is 2.88 bits per heavy atom. The molecule has 1 saturated heterocycles. The summed E-state index contributed by atoms with van der Waals surface area (Å²) in [5.74, 6) is -0.157. The van der Waals surface area contributed by atoms with E-state index in [9.17, 15) is 9.59 Å². The predicted molar refractivity (Wildman–Crippen MR) is 64.9 cm³/mol. The Balaban J connectivity index is 2.05. The van der Waals surface area contributed by atoms with Crippen LogP contribution in [0.2, 0.25) is 0 Å². The van der Waals surface area contributed by atoms with E-state index in [0.29, 0.717) is 6.54 Å². The molecule has 2 rings (SSSR count). The van der Waals surface area contributed by atoms with E-state index in [2.05, 4.69) is 10.3 Å². The molecule has 6 nitrogen and oxygen atoms in total. The van der Waals surface area contributed by atoms with Crippen molar-refractivity contribution in [3.05, 3.63) is 11.1 Å². The first kappa shape index (κ1) is 11.8. The molecule has 17 heavy (non-hydrogen) atoms. The van der Waals surface area contributed by atoms with Crippen molar-refractivity contribution in [2.75, 3.05) is 25.5 Å². The molecule has 1 fully saturated rings. The Kier molecular flexibility index (Phi) is 3.28.